The van der Waals surface area contributed by atoms with Crippen molar-refractivity contribution < 1.29 is 19.1 Å². The third-order valence-electron chi connectivity index (χ3n) is 4.60. The first-order valence-corrected chi connectivity index (χ1v) is 11.7. The van der Waals surface area contributed by atoms with Crippen LogP contribution in [0.3, 0.4) is 0 Å². The van der Waals surface area contributed by atoms with E-state index in [-0.39, 0.29) is 11.7 Å². The fourth-order valence-corrected chi connectivity index (χ4v) is 4.57. The van der Waals surface area contributed by atoms with Crippen LogP contribution >= 0.6 is 23.1 Å². The van der Waals surface area contributed by atoms with E-state index < -0.39 is 5.97 Å². The molecule has 2 heterocycles. The van der Waals surface area contributed by atoms with Crippen LogP contribution in [0.2, 0.25) is 0 Å². The zero-order chi connectivity index (χ0) is 23.2. The summed E-state index contributed by atoms with van der Waals surface area (Å²) in [6, 6.07) is 18.1. The van der Waals surface area contributed by atoms with Crippen molar-refractivity contribution in [1.29, 1.82) is 0 Å². The molecule has 0 fully saturated rings. The molecule has 168 valence electrons. The number of methoxy groups -OCH3 is 2. The number of hydrogen-bond acceptors (Lipinski definition) is 8. The number of thioether (sulfide) groups is 1. The number of thiophene rings is 1. The first kappa shape index (κ1) is 22.6. The van der Waals surface area contributed by atoms with Gasteiger partial charge in [0, 0.05) is 5.69 Å². The third kappa shape index (κ3) is 5.07. The SMILES string of the molecule is COC(=O)c1cccc(NC(=O)CSc2nnc(-c3cccs3)n2-c2ccccc2OC)c1. The van der Waals surface area contributed by atoms with Crippen molar-refractivity contribution in [3.8, 4) is 22.1 Å². The van der Waals surface area contributed by atoms with Gasteiger partial charge in [-0.05, 0) is 41.8 Å². The number of rotatable bonds is 8. The Hall–Kier alpha value is -3.63. The molecule has 0 spiro atoms. The number of aromatic nitrogens is 3. The zero-order valence-electron chi connectivity index (χ0n) is 17.8. The van der Waals surface area contributed by atoms with Gasteiger partial charge in [-0.3, -0.25) is 9.36 Å². The van der Waals surface area contributed by atoms with Crippen LogP contribution in [-0.2, 0) is 9.53 Å². The van der Waals surface area contributed by atoms with E-state index in [4.69, 9.17) is 9.47 Å². The number of nitrogens with one attached hydrogen (secondary N) is 1. The molecule has 2 aromatic carbocycles. The maximum Gasteiger partial charge on any atom is 0.337 e. The Morgan fingerprint density at radius 1 is 1.06 bits per heavy atom. The van der Waals surface area contributed by atoms with E-state index in [1.54, 1.807) is 42.7 Å². The summed E-state index contributed by atoms with van der Waals surface area (Å²) in [7, 11) is 2.92. The zero-order valence-corrected chi connectivity index (χ0v) is 19.5. The van der Waals surface area contributed by atoms with Gasteiger partial charge in [-0.15, -0.1) is 21.5 Å². The summed E-state index contributed by atoms with van der Waals surface area (Å²) in [6.45, 7) is 0. The summed E-state index contributed by atoms with van der Waals surface area (Å²) in [4.78, 5) is 25.3. The number of para-hydroxylation sites is 2. The Labute approximate surface area is 198 Å². The molecule has 33 heavy (non-hydrogen) atoms. The smallest absolute Gasteiger partial charge is 0.337 e. The Morgan fingerprint density at radius 2 is 1.91 bits per heavy atom. The summed E-state index contributed by atoms with van der Waals surface area (Å²) in [5.41, 5.74) is 1.65. The highest BCUT2D eigenvalue weighted by Gasteiger charge is 2.20. The van der Waals surface area contributed by atoms with Crippen LogP contribution < -0.4 is 10.1 Å². The monoisotopic (exact) mass is 480 g/mol. The maximum absolute atomic E-state index is 12.6. The quantitative estimate of drug-likeness (QED) is 0.293. The second kappa shape index (κ2) is 10.3. The van der Waals surface area contributed by atoms with E-state index in [0.29, 0.717) is 28.0 Å². The molecular formula is C23H20N4O4S2. The van der Waals surface area contributed by atoms with Crippen LogP contribution in [0.15, 0.2) is 71.2 Å². The Kier molecular flexibility index (Phi) is 7.06. The van der Waals surface area contributed by atoms with E-state index in [1.807, 2.05) is 46.3 Å². The molecule has 0 radical (unpaired) electrons. The van der Waals surface area contributed by atoms with Crippen molar-refractivity contribution >= 4 is 40.7 Å². The fourth-order valence-electron chi connectivity index (χ4n) is 3.13. The summed E-state index contributed by atoms with van der Waals surface area (Å²) in [5, 5.41) is 14.0. The lowest BCUT2D eigenvalue weighted by Crippen LogP contribution is -2.15. The Morgan fingerprint density at radius 3 is 2.67 bits per heavy atom. The van der Waals surface area contributed by atoms with Crippen LogP contribution in [0.5, 0.6) is 5.75 Å². The molecule has 0 aliphatic heterocycles. The van der Waals surface area contributed by atoms with Crippen LogP contribution in [0, 0.1) is 0 Å². The van der Waals surface area contributed by atoms with Crippen molar-refractivity contribution in [1.82, 2.24) is 14.8 Å². The van der Waals surface area contributed by atoms with Crippen molar-refractivity contribution in [2.75, 3.05) is 25.3 Å². The number of benzene rings is 2. The average Bonchev–Trinajstić information content (AvgIpc) is 3.52. The molecular weight excluding hydrogens is 460 g/mol. The molecule has 0 aliphatic carbocycles. The van der Waals surface area contributed by atoms with Gasteiger partial charge >= 0.3 is 5.97 Å². The molecule has 0 aliphatic rings. The fraction of sp³-hybridized carbons (Fsp3) is 0.130. The van der Waals surface area contributed by atoms with Gasteiger partial charge in [-0.25, -0.2) is 4.79 Å². The minimum Gasteiger partial charge on any atom is -0.495 e. The third-order valence-corrected chi connectivity index (χ3v) is 6.40. The average molecular weight is 481 g/mol. The number of carbonyl (C=O) groups is 2. The lowest BCUT2D eigenvalue weighted by Gasteiger charge is -2.13. The standard InChI is InChI=1S/C23H20N4O4S2/c1-30-18-10-4-3-9-17(18)27-21(19-11-6-12-32-19)25-26-23(27)33-14-20(28)24-16-8-5-7-15(13-16)22(29)31-2/h3-13H,14H2,1-2H3,(H,24,28). The summed E-state index contributed by atoms with van der Waals surface area (Å²) in [6.07, 6.45) is 0. The lowest BCUT2D eigenvalue weighted by atomic mass is 10.2. The van der Waals surface area contributed by atoms with Gasteiger partial charge in [0.15, 0.2) is 11.0 Å². The topological polar surface area (TPSA) is 95.3 Å². The van der Waals surface area contributed by atoms with Crippen LogP contribution in [0.1, 0.15) is 10.4 Å². The number of anilines is 1. The molecule has 0 saturated carbocycles. The highest BCUT2D eigenvalue weighted by Crippen LogP contribution is 2.34. The first-order valence-electron chi connectivity index (χ1n) is 9.84. The Balaban J connectivity index is 1.56. The van der Waals surface area contributed by atoms with Crippen LogP contribution in [0.4, 0.5) is 5.69 Å². The van der Waals surface area contributed by atoms with Gasteiger partial charge in [0.2, 0.25) is 5.91 Å². The first-order chi connectivity index (χ1) is 16.1. The molecule has 0 unspecified atom stereocenters. The van der Waals surface area contributed by atoms with Gasteiger partial charge in [0.1, 0.15) is 5.75 Å². The number of amides is 1. The molecule has 8 nitrogen and oxygen atoms in total. The molecule has 2 aromatic heterocycles. The maximum atomic E-state index is 12.6. The number of carbonyl (C=O) groups excluding carboxylic acids is 2. The van der Waals surface area contributed by atoms with E-state index in [2.05, 4.69) is 15.5 Å². The van der Waals surface area contributed by atoms with E-state index in [0.717, 1.165) is 10.6 Å². The number of hydrogen-bond donors (Lipinski definition) is 1. The van der Waals surface area contributed by atoms with Gasteiger partial charge < -0.3 is 14.8 Å². The number of esters is 1. The molecule has 4 rings (SSSR count). The molecule has 0 bridgehead atoms. The minimum atomic E-state index is -0.466. The summed E-state index contributed by atoms with van der Waals surface area (Å²) < 4.78 is 12.2. The normalized spacial score (nSPS) is 10.6. The molecule has 0 atom stereocenters. The highest BCUT2D eigenvalue weighted by molar-refractivity contribution is 7.99. The van der Waals surface area contributed by atoms with Gasteiger partial charge in [-0.1, -0.05) is 36.0 Å². The van der Waals surface area contributed by atoms with Crippen molar-refractivity contribution in [3.63, 3.8) is 0 Å². The Bertz CT molecular complexity index is 1270. The number of ether oxygens (including phenoxy) is 2. The van der Waals surface area contributed by atoms with Crippen LogP contribution in [-0.4, -0.2) is 46.6 Å². The van der Waals surface area contributed by atoms with E-state index in [9.17, 15) is 9.59 Å². The molecule has 4 aromatic rings. The van der Waals surface area contributed by atoms with E-state index >= 15 is 0 Å². The lowest BCUT2D eigenvalue weighted by molar-refractivity contribution is -0.113. The molecule has 0 saturated heterocycles. The van der Waals surface area contributed by atoms with Gasteiger partial charge in [0.05, 0.1) is 36.1 Å². The second-order valence-electron chi connectivity index (χ2n) is 6.70. The summed E-state index contributed by atoms with van der Waals surface area (Å²) in [5.74, 6) is 0.727. The van der Waals surface area contributed by atoms with Gasteiger partial charge in [0.25, 0.3) is 0 Å². The predicted molar refractivity (Wildman–Crippen MR) is 128 cm³/mol. The molecule has 10 heteroatoms. The van der Waals surface area contributed by atoms with Crippen molar-refractivity contribution in [2.24, 2.45) is 0 Å². The predicted octanol–water partition coefficient (Wildman–Crippen LogP) is 4.52. The van der Waals surface area contributed by atoms with Crippen molar-refractivity contribution in [3.05, 3.63) is 71.6 Å². The van der Waals surface area contributed by atoms with Gasteiger partial charge in [-0.2, -0.15) is 0 Å². The molecule has 1 N–H and O–H groups in total. The molecule has 1 amide bonds. The van der Waals surface area contributed by atoms with E-state index in [1.165, 1.54) is 18.9 Å². The largest absolute Gasteiger partial charge is 0.495 e. The highest BCUT2D eigenvalue weighted by atomic mass is 32.2. The minimum absolute atomic E-state index is 0.0974. The number of nitrogens with zero attached hydrogens (tertiary/aromatic N) is 3. The second-order valence-corrected chi connectivity index (χ2v) is 8.59. The summed E-state index contributed by atoms with van der Waals surface area (Å²) >= 11 is 2.81. The van der Waals surface area contributed by atoms with Crippen LogP contribution in [0.25, 0.3) is 16.4 Å². The van der Waals surface area contributed by atoms with Crippen molar-refractivity contribution in [2.45, 2.75) is 5.16 Å².